The number of aromatic amines is 1. The van der Waals surface area contributed by atoms with E-state index in [0.717, 1.165) is 0 Å². The lowest BCUT2D eigenvalue weighted by Gasteiger charge is -2.10. The summed E-state index contributed by atoms with van der Waals surface area (Å²) in [6.07, 6.45) is 1.19. The predicted molar refractivity (Wildman–Crippen MR) is 41.7 cm³/mol. The number of aromatic nitrogens is 4. The van der Waals surface area contributed by atoms with Crippen molar-refractivity contribution in [1.29, 1.82) is 0 Å². The molecule has 0 fully saturated rings. The summed E-state index contributed by atoms with van der Waals surface area (Å²) in [4.78, 5) is 10.6. The number of aryl methyl sites for hydroxylation is 1. The van der Waals surface area contributed by atoms with Crippen LogP contribution in [0.15, 0.2) is 0 Å². The summed E-state index contributed by atoms with van der Waals surface area (Å²) >= 11 is 0. The van der Waals surface area contributed by atoms with Crippen molar-refractivity contribution < 1.29 is 10.0 Å². The number of carbonyl (C=O) groups excluding carboxylic acids is 1. The molecule has 1 aromatic heterocycles. The summed E-state index contributed by atoms with van der Waals surface area (Å²) in [6, 6.07) is 0. The van der Waals surface area contributed by atoms with Gasteiger partial charge in [-0.2, -0.15) is 5.21 Å². The van der Waals surface area contributed by atoms with Crippen LogP contribution in [0, 0.1) is 0 Å². The van der Waals surface area contributed by atoms with Crippen LogP contribution in [0.1, 0.15) is 19.2 Å². The van der Waals surface area contributed by atoms with E-state index < -0.39 is 0 Å². The zero-order chi connectivity index (χ0) is 9.68. The van der Waals surface area contributed by atoms with Gasteiger partial charge in [0.2, 0.25) is 5.91 Å². The summed E-state index contributed by atoms with van der Waals surface area (Å²) in [5, 5.41) is 22.8. The van der Waals surface area contributed by atoms with Crippen LogP contribution in [-0.2, 0) is 11.2 Å². The van der Waals surface area contributed by atoms with Crippen molar-refractivity contribution in [3.63, 3.8) is 0 Å². The lowest BCUT2D eigenvalue weighted by atomic mass is 10.3. The number of rotatable bonds is 4. The minimum atomic E-state index is -0.367. The van der Waals surface area contributed by atoms with E-state index in [4.69, 9.17) is 5.21 Å². The van der Waals surface area contributed by atoms with Crippen LogP contribution >= 0.6 is 0 Å². The lowest BCUT2D eigenvalue weighted by molar-refractivity contribution is -0.162. The Labute approximate surface area is 74.7 Å². The summed E-state index contributed by atoms with van der Waals surface area (Å²) in [5.74, 6) is 0.213. The van der Waals surface area contributed by atoms with E-state index in [0.29, 0.717) is 23.7 Å². The van der Waals surface area contributed by atoms with Crippen molar-refractivity contribution in [2.45, 2.75) is 19.8 Å². The number of nitrogens with zero attached hydrogens (tertiary/aromatic N) is 4. The summed E-state index contributed by atoms with van der Waals surface area (Å²) in [7, 11) is 0. The van der Waals surface area contributed by atoms with Gasteiger partial charge in [-0.25, -0.2) is 5.06 Å². The Balaban J connectivity index is 2.18. The molecule has 0 spiro atoms. The SMILES string of the molecule is CC(=O)N(O)CCCc1nn[nH]n1. The molecule has 0 aliphatic rings. The maximum Gasteiger partial charge on any atom is 0.242 e. The van der Waals surface area contributed by atoms with E-state index >= 15 is 0 Å². The van der Waals surface area contributed by atoms with E-state index in [1.165, 1.54) is 6.92 Å². The first-order valence-corrected chi connectivity index (χ1v) is 3.89. The molecule has 0 aliphatic heterocycles. The van der Waals surface area contributed by atoms with Gasteiger partial charge in [-0.15, -0.1) is 10.2 Å². The number of hydrogen-bond donors (Lipinski definition) is 2. The molecule has 1 heterocycles. The van der Waals surface area contributed by atoms with Crippen LogP contribution in [0.3, 0.4) is 0 Å². The smallest absolute Gasteiger partial charge is 0.242 e. The third kappa shape index (κ3) is 3.16. The zero-order valence-electron chi connectivity index (χ0n) is 7.27. The average molecular weight is 185 g/mol. The third-order valence-electron chi connectivity index (χ3n) is 1.52. The van der Waals surface area contributed by atoms with Gasteiger partial charge in [0.05, 0.1) is 0 Å². The van der Waals surface area contributed by atoms with Gasteiger partial charge in [0.15, 0.2) is 5.82 Å². The van der Waals surface area contributed by atoms with Gasteiger partial charge in [0, 0.05) is 19.9 Å². The summed E-state index contributed by atoms with van der Waals surface area (Å²) in [5.41, 5.74) is 0. The van der Waals surface area contributed by atoms with Gasteiger partial charge in [0.25, 0.3) is 0 Å². The number of hydrogen-bond acceptors (Lipinski definition) is 5. The number of nitrogens with one attached hydrogen (secondary N) is 1. The first-order chi connectivity index (χ1) is 6.20. The molecule has 7 heteroatoms. The second kappa shape index (κ2) is 4.51. The summed E-state index contributed by atoms with van der Waals surface area (Å²) in [6.45, 7) is 1.58. The van der Waals surface area contributed by atoms with Crippen LogP contribution in [0.2, 0.25) is 0 Å². The minimum absolute atomic E-state index is 0.282. The molecule has 0 saturated heterocycles. The van der Waals surface area contributed by atoms with Gasteiger partial charge < -0.3 is 0 Å². The van der Waals surface area contributed by atoms with Crippen molar-refractivity contribution in [3.8, 4) is 0 Å². The zero-order valence-corrected chi connectivity index (χ0v) is 7.27. The van der Waals surface area contributed by atoms with Gasteiger partial charge in [-0.1, -0.05) is 5.21 Å². The van der Waals surface area contributed by atoms with Crippen molar-refractivity contribution >= 4 is 5.91 Å². The van der Waals surface area contributed by atoms with Crippen molar-refractivity contribution in [1.82, 2.24) is 25.7 Å². The molecule has 0 aromatic carbocycles. The summed E-state index contributed by atoms with van der Waals surface area (Å²) < 4.78 is 0. The molecule has 1 aromatic rings. The lowest BCUT2D eigenvalue weighted by Crippen LogP contribution is -2.25. The Morgan fingerprint density at radius 3 is 3.00 bits per heavy atom. The highest BCUT2D eigenvalue weighted by Gasteiger charge is 2.04. The highest BCUT2D eigenvalue weighted by Crippen LogP contribution is 1.94. The van der Waals surface area contributed by atoms with Crippen LogP contribution in [0.4, 0.5) is 0 Å². The van der Waals surface area contributed by atoms with Crippen LogP contribution in [-0.4, -0.2) is 43.3 Å². The van der Waals surface area contributed by atoms with Crippen molar-refractivity contribution in [2.24, 2.45) is 0 Å². The Kier molecular flexibility index (Phi) is 3.32. The molecule has 0 unspecified atom stereocenters. The first-order valence-electron chi connectivity index (χ1n) is 3.89. The quantitative estimate of drug-likeness (QED) is 0.481. The molecular formula is C6H11N5O2. The molecule has 0 bridgehead atoms. The highest BCUT2D eigenvalue weighted by atomic mass is 16.5. The molecule has 72 valence electrons. The molecule has 13 heavy (non-hydrogen) atoms. The van der Waals surface area contributed by atoms with Gasteiger partial charge in [-0.3, -0.25) is 10.0 Å². The Morgan fingerprint density at radius 1 is 1.69 bits per heavy atom. The molecule has 0 saturated carbocycles. The van der Waals surface area contributed by atoms with Gasteiger partial charge in [0.1, 0.15) is 0 Å². The molecule has 1 rings (SSSR count). The fraction of sp³-hybridized carbons (Fsp3) is 0.667. The normalized spacial score (nSPS) is 10.0. The third-order valence-corrected chi connectivity index (χ3v) is 1.52. The predicted octanol–water partition coefficient (Wildman–Crippen LogP) is -0.630. The molecule has 2 N–H and O–H groups in total. The van der Waals surface area contributed by atoms with Crippen LogP contribution < -0.4 is 0 Å². The second-order valence-electron chi connectivity index (χ2n) is 2.57. The van der Waals surface area contributed by atoms with E-state index in [-0.39, 0.29) is 12.5 Å². The average Bonchev–Trinajstić information content (AvgIpc) is 2.56. The van der Waals surface area contributed by atoms with Crippen LogP contribution in [0.25, 0.3) is 0 Å². The first kappa shape index (κ1) is 9.59. The molecule has 0 radical (unpaired) electrons. The highest BCUT2D eigenvalue weighted by molar-refractivity contribution is 5.71. The molecule has 1 amide bonds. The number of tetrazole rings is 1. The number of H-pyrrole nitrogens is 1. The topological polar surface area (TPSA) is 95.0 Å². The van der Waals surface area contributed by atoms with E-state index in [9.17, 15) is 4.79 Å². The number of hydroxylamine groups is 2. The van der Waals surface area contributed by atoms with Crippen LogP contribution in [0.5, 0.6) is 0 Å². The Hall–Kier alpha value is -1.50. The van der Waals surface area contributed by atoms with Gasteiger partial charge >= 0.3 is 0 Å². The van der Waals surface area contributed by atoms with Crippen molar-refractivity contribution in [3.05, 3.63) is 5.82 Å². The second-order valence-corrected chi connectivity index (χ2v) is 2.57. The number of amides is 1. The maximum absolute atomic E-state index is 10.6. The Bertz CT molecular complexity index is 260. The van der Waals surface area contributed by atoms with Gasteiger partial charge in [-0.05, 0) is 6.42 Å². The largest absolute Gasteiger partial charge is 0.286 e. The van der Waals surface area contributed by atoms with E-state index in [2.05, 4.69) is 20.6 Å². The fourth-order valence-electron chi connectivity index (χ4n) is 0.833. The fourth-order valence-corrected chi connectivity index (χ4v) is 0.833. The molecule has 0 aliphatic carbocycles. The van der Waals surface area contributed by atoms with E-state index in [1.807, 2.05) is 0 Å². The maximum atomic E-state index is 10.6. The Morgan fingerprint density at radius 2 is 2.46 bits per heavy atom. The monoisotopic (exact) mass is 185 g/mol. The molecule has 7 nitrogen and oxygen atoms in total. The van der Waals surface area contributed by atoms with E-state index in [1.54, 1.807) is 0 Å². The minimum Gasteiger partial charge on any atom is -0.286 e. The number of carbonyl (C=O) groups is 1. The van der Waals surface area contributed by atoms with Crippen molar-refractivity contribution in [2.75, 3.05) is 6.54 Å². The molecule has 0 atom stereocenters. The standard InChI is InChI=1S/C6H11N5O2/c1-5(12)11(13)4-2-3-6-7-9-10-8-6/h13H,2-4H2,1H3,(H,7,8,9,10). The molecular weight excluding hydrogens is 174 g/mol.